The Kier molecular flexibility index (Phi) is 6.21. The van der Waals surface area contributed by atoms with E-state index in [4.69, 9.17) is 6.42 Å². The fourth-order valence-electron chi connectivity index (χ4n) is 1.90. The Balaban J connectivity index is 2.76. The smallest absolute Gasteiger partial charge is 0.208 e. The van der Waals surface area contributed by atoms with E-state index in [9.17, 15) is 8.42 Å². The molecule has 0 aliphatic rings. The van der Waals surface area contributed by atoms with E-state index in [1.165, 1.54) is 11.1 Å². The van der Waals surface area contributed by atoms with Crippen LogP contribution in [0.3, 0.4) is 0 Å². The average Bonchev–Trinajstić information content (AvgIpc) is 2.36. The number of rotatable bonds is 7. The lowest BCUT2D eigenvalue weighted by molar-refractivity contribution is 0.268. The van der Waals surface area contributed by atoms with E-state index in [0.29, 0.717) is 13.1 Å². The van der Waals surface area contributed by atoms with Crippen molar-refractivity contribution >= 4 is 10.0 Å². The second-order valence-corrected chi connectivity index (χ2v) is 6.92. The zero-order valence-corrected chi connectivity index (χ0v) is 13.1. The minimum atomic E-state index is -3.19. The molecule has 1 aromatic carbocycles. The molecule has 0 radical (unpaired) electrons. The maximum absolute atomic E-state index is 11.2. The van der Waals surface area contributed by atoms with Crippen LogP contribution in [-0.2, 0) is 16.4 Å². The van der Waals surface area contributed by atoms with Crippen molar-refractivity contribution < 1.29 is 8.42 Å². The molecule has 0 aliphatic heterocycles. The molecule has 0 spiro atoms. The minimum absolute atomic E-state index is 0.0310. The second kappa shape index (κ2) is 7.44. The maximum atomic E-state index is 11.2. The van der Waals surface area contributed by atoms with Gasteiger partial charge in [0.05, 0.1) is 12.8 Å². The van der Waals surface area contributed by atoms with E-state index in [1.54, 1.807) is 0 Å². The highest BCUT2D eigenvalue weighted by Gasteiger charge is 2.16. The number of hydrogen-bond donors (Lipinski definition) is 1. The number of aryl methyl sites for hydroxylation is 1. The highest BCUT2D eigenvalue weighted by atomic mass is 32.2. The van der Waals surface area contributed by atoms with Gasteiger partial charge >= 0.3 is 0 Å². The summed E-state index contributed by atoms with van der Waals surface area (Å²) in [6, 6.07) is 8.26. The molecule has 0 aliphatic carbocycles. The molecule has 1 N–H and O–H groups in total. The average molecular weight is 294 g/mol. The van der Waals surface area contributed by atoms with Crippen LogP contribution >= 0.6 is 0 Å². The van der Waals surface area contributed by atoms with Crippen LogP contribution in [0, 0.1) is 19.3 Å². The Bertz CT molecular complexity index is 559. The van der Waals surface area contributed by atoms with E-state index in [2.05, 4.69) is 34.9 Å². The second-order valence-electron chi connectivity index (χ2n) is 5.08. The van der Waals surface area contributed by atoms with Crippen LogP contribution in [0.1, 0.15) is 11.1 Å². The number of sulfonamides is 1. The lowest BCUT2D eigenvalue weighted by Crippen LogP contribution is -2.43. The molecule has 0 saturated carbocycles. The van der Waals surface area contributed by atoms with E-state index in [-0.39, 0.29) is 6.04 Å². The van der Waals surface area contributed by atoms with Gasteiger partial charge in [-0.15, -0.1) is 6.42 Å². The van der Waals surface area contributed by atoms with Crippen molar-refractivity contribution in [3.8, 4) is 12.3 Å². The van der Waals surface area contributed by atoms with E-state index >= 15 is 0 Å². The van der Waals surface area contributed by atoms with Crippen LogP contribution in [0.15, 0.2) is 24.3 Å². The quantitative estimate of drug-likeness (QED) is 0.764. The van der Waals surface area contributed by atoms with Gasteiger partial charge in [0.1, 0.15) is 0 Å². The minimum Gasteiger partial charge on any atom is -0.291 e. The molecule has 0 saturated heterocycles. The predicted molar refractivity (Wildman–Crippen MR) is 83.0 cm³/mol. The molecule has 1 aromatic rings. The molecule has 1 atom stereocenters. The van der Waals surface area contributed by atoms with E-state index < -0.39 is 10.0 Å². The largest absolute Gasteiger partial charge is 0.291 e. The molecule has 0 aromatic heterocycles. The molecule has 0 bridgehead atoms. The van der Waals surface area contributed by atoms with Gasteiger partial charge in [-0.3, -0.25) is 4.90 Å². The van der Waals surface area contributed by atoms with Crippen molar-refractivity contribution in [3.63, 3.8) is 0 Å². The fraction of sp³-hybridized carbons (Fsp3) is 0.467. The van der Waals surface area contributed by atoms with E-state index in [1.807, 2.05) is 18.9 Å². The zero-order chi connectivity index (χ0) is 15.2. The third kappa shape index (κ3) is 6.20. The number of hydrogen-bond acceptors (Lipinski definition) is 3. The van der Waals surface area contributed by atoms with Gasteiger partial charge in [-0.05, 0) is 26.0 Å². The van der Waals surface area contributed by atoms with Crippen molar-refractivity contribution in [2.24, 2.45) is 0 Å². The van der Waals surface area contributed by atoms with Crippen LogP contribution in [-0.4, -0.2) is 45.8 Å². The number of benzene rings is 1. The summed E-state index contributed by atoms with van der Waals surface area (Å²) in [6.07, 6.45) is 7.25. The SMILES string of the molecule is C#CCN(C)C(CNS(C)(=O)=O)Cc1ccc(C)cc1. The number of terminal acetylenes is 1. The summed E-state index contributed by atoms with van der Waals surface area (Å²) in [5.74, 6) is 2.59. The maximum Gasteiger partial charge on any atom is 0.208 e. The summed E-state index contributed by atoms with van der Waals surface area (Å²) in [4.78, 5) is 1.98. The Hall–Kier alpha value is -1.35. The van der Waals surface area contributed by atoms with Gasteiger partial charge in [-0.2, -0.15) is 0 Å². The normalized spacial score (nSPS) is 13.2. The van der Waals surface area contributed by atoms with Crippen molar-refractivity contribution in [2.75, 3.05) is 26.4 Å². The lowest BCUT2D eigenvalue weighted by Gasteiger charge is -2.26. The van der Waals surface area contributed by atoms with Crippen LogP contribution < -0.4 is 4.72 Å². The van der Waals surface area contributed by atoms with Gasteiger partial charge in [0, 0.05) is 12.6 Å². The van der Waals surface area contributed by atoms with Crippen LogP contribution in [0.5, 0.6) is 0 Å². The summed E-state index contributed by atoms with van der Waals surface area (Å²) in [5.41, 5.74) is 2.37. The van der Waals surface area contributed by atoms with Crippen LogP contribution in [0.25, 0.3) is 0 Å². The topological polar surface area (TPSA) is 49.4 Å². The first-order chi connectivity index (χ1) is 9.31. The number of nitrogens with one attached hydrogen (secondary N) is 1. The van der Waals surface area contributed by atoms with Crippen LogP contribution in [0.4, 0.5) is 0 Å². The van der Waals surface area contributed by atoms with Gasteiger partial charge < -0.3 is 0 Å². The van der Waals surface area contributed by atoms with Gasteiger partial charge in [0.15, 0.2) is 0 Å². The molecule has 0 amide bonds. The standard InChI is InChI=1S/C15H22N2O2S/c1-5-10-17(3)15(12-16-20(4,18)19)11-14-8-6-13(2)7-9-14/h1,6-9,15-16H,10-12H2,2-4H3. The Labute approximate surface area is 122 Å². The molecular weight excluding hydrogens is 272 g/mol. The first kappa shape index (κ1) is 16.7. The fourth-order valence-corrected chi connectivity index (χ4v) is 2.40. The molecule has 0 heterocycles. The lowest BCUT2D eigenvalue weighted by atomic mass is 10.0. The molecule has 1 unspecified atom stereocenters. The van der Waals surface area contributed by atoms with Crippen molar-refractivity contribution in [1.29, 1.82) is 0 Å². The first-order valence-electron chi connectivity index (χ1n) is 6.45. The van der Waals surface area contributed by atoms with E-state index in [0.717, 1.165) is 12.7 Å². The molecule has 110 valence electrons. The summed E-state index contributed by atoms with van der Waals surface area (Å²) < 4.78 is 25.0. The Morgan fingerprint density at radius 3 is 2.45 bits per heavy atom. The highest BCUT2D eigenvalue weighted by Crippen LogP contribution is 2.09. The molecule has 5 heteroatoms. The van der Waals surface area contributed by atoms with Crippen molar-refractivity contribution in [3.05, 3.63) is 35.4 Å². The predicted octanol–water partition coefficient (Wildman–Crippen LogP) is 1.02. The Morgan fingerprint density at radius 2 is 1.95 bits per heavy atom. The molecule has 1 rings (SSSR count). The summed E-state index contributed by atoms with van der Waals surface area (Å²) in [6.45, 7) is 2.88. The number of likely N-dealkylation sites (N-methyl/N-ethyl adjacent to an activating group) is 1. The number of nitrogens with zero attached hydrogens (tertiary/aromatic N) is 1. The van der Waals surface area contributed by atoms with Crippen molar-refractivity contribution in [1.82, 2.24) is 9.62 Å². The summed E-state index contributed by atoms with van der Waals surface area (Å²) in [7, 11) is -1.29. The third-order valence-corrected chi connectivity index (χ3v) is 3.83. The van der Waals surface area contributed by atoms with Gasteiger partial charge in [0.25, 0.3) is 0 Å². The van der Waals surface area contributed by atoms with Crippen molar-refractivity contribution in [2.45, 2.75) is 19.4 Å². The molecule has 0 fully saturated rings. The van der Waals surface area contributed by atoms with Gasteiger partial charge in [-0.25, -0.2) is 13.1 Å². The molecular formula is C15H22N2O2S. The molecule has 4 nitrogen and oxygen atoms in total. The van der Waals surface area contributed by atoms with Gasteiger partial charge in [-0.1, -0.05) is 35.7 Å². The summed E-state index contributed by atoms with van der Waals surface area (Å²) in [5, 5.41) is 0. The van der Waals surface area contributed by atoms with Gasteiger partial charge in [0.2, 0.25) is 10.0 Å². The molecule has 20 heavy (non-hydrogen) atoms. The van der Waals surface area contributed by atoms with Crippen LogP contribution in [0.2, 0.25) is 0 Å². The first-order valence-corrected chi connectivity index (χ1v) is 8.35. The highest BCUT2D eigenvalue weighted by molar-refractivity contribution is 7.88. The summed E-state index contributed by atoms with van der Waals surface area (Å²) >= 11 is 0. The Morgan fingerprint density at radius 1 is 1.35 bits per heavy atom. The monoisotopic (exact) mass is 294 g/mol. The zero-order valence-electron chi connectivity index (χ0n) is 12.3. The third-order valence-electron chi connectivity index (χ3n) is 3.14.